The van der Waals surface area contributed by atoms with E-state index in [0.29, 0.717) is 24.9 Å². The number of hydrogen-bond donors (Lipinski definition) is 1. The van der Waals surface area contributed by atoms with Crippen LogP contribution in [0.4, 0.5) is 0 Å². The molecule has 3 atom stereocenters. The normalized spacial score (nSPS) is 41.8. The van der Waals surface area contributed by atoms with Gasteiger partial charge in [-0.05, 0) is 63.2 Å². The molecule has 25 heavy (non-hydrogen) atoms. The van der Waals surface area contributed by atoms with E-state index in [1.165, 1.54) is 6.42 Å². The third-order valence-electron chi connectivity index (χ3n) is 6.70. The molecule has 4 bridgehead atoms. The zero-order valence-corrected chi connectivity index (χ0v) is 15.7. The van der Waals surface area contributed by atoms with Gasteiger partial charge in [0.2, 0.25) is 5.91 Å². The average molecular weight is 362 g/mol. The third-order valence-corrected chi connectivity index (χ3v) is 7.90. The summed E-state index contributed by atoms with van der Waals surface area (Å²) in [6, 6.07) is 2.01. The lowest BCUT2D eigenvalue weighted by atomic mass is 9.52. The molecule has 5 fully saturated rings. The fourth-order valence-corrected chi connectivity index (χ4v) is 7.97. The molecular formula is C19H27N3O2S. The summed E-state index contributed by atoms with van der Waals surface area (Å²) in [6.07, 6.45) is 8.62. The Morgan fingerprint density at radius 1 is 1.28 bits per heavy atom. The summed E-state index contributed by atoms with van der Waals surface area (Å²) in [5, 5.41) is 13.0. The van der Waals surface area contributed by atoms with E-state index in [9.17, 15) is 14.9 Å². The van der Waals surface area contributed by atoms with Crippen LogP contribution in [0, 0.1) is 23.2 Å². The van der Waals surface area contributed by atoms with Crippen LogP contribution < -0.4 is 5.32 Å². The molecule has 2 unspecified atom stereocenters. The highest BCUT2D eigenvalue weighted by molar-refractivity contribution is 8.14. The van der Waals surface area contributed by atoms with E-state index < -0.39 is 0 Å². The minimum absolute atomic E-state index is 0.0179. The highest BCUT2D eigenvalue weighted by Gasteiger charge is 2.58. The minimum atomic E-state index is -0.245. The molecule has 136 valence electrons. The third kappa shape index (κ3) is 3.21. The smallest absolute Gasteiger partial charge is 0.237 e. The molecule has 5 aliphatic rings. The number of carbonyl (C=O) groups is 2. The lowest BCUT2D eigenvalue weighted by molar-refractivity contribution is -0.131. The van der Waals surface area contributed by atoms with E-state index in [4.69, 9.17) is 0 Å². The highest BCUT2D eigenvalue weighted by atomic mass is 32.2. The molecular weight excluding hydrogens is 334 g/mol. The monoisotopic (exact) mass is 361 g/mol. The van der Waals surface area contributed by atoms with E-state index in [1.807, 2.05) is 0 Å². The highest BCUT2D eigenvalue weighted by Crippen LogP contribution is 2.62. The second-order valence-electron chi connectivity index (χ2n) is 8.75. The van der Waals surface area contributed by atoms with Gasteiger partial charge in [-0.1, -0.05) is 11.8 Å². The van der Waals surface area contributed by atoms with Crippen molar-refractivity contribution < 1.29 is 9.59 Å². The summed E-state index contributed by atoms with van der Waals surface area (Å²) in [7, 11) is 0. The van der Waals surface area contributed by atoms with Crippen molar-refractivity contribution in [1.82, 2.24) is 10.2 Å². The van der Waals surface area contributed by atoms with Gasteiger partial charge in [-0.3, -0.25) is 9.59 Å². The standard InChI is InChI=1S/C19H27N3O2S/c1-13(23)25-19-8-14-5-15(9-19)7-18(6-14,12-19)21-11-17(24)22-4-2-3-16(22)10-20/h14-16,21H,2-9,11-12H2,1H3/t14?,15?,16-,18?,19?/m0/s1. The molecule has 1 heterocycles. The first-order valence-corrected chi connectivity index (χ1v) is 10.4. The van der Waals surface area contributed by atoms with Crippen LogP contribution in [0.5, 0.6) is 0 Å². The Kier molecular flexibility index (Phi) is 4.36. The number of likely N-dealkylation sites (tertiary alicyclic amines) is 1. The fraction of sp³-hybridized carbons (Fsp3) is 0.842. The van der Waals surface area contributed by atoms with Crippen LogP contribution in [0.1, 0.15) is 58.3 Å². The summed E-state index contributed by atoms with van der Waals surface area (Å²) in [5.74, 6) is 1.44. The molecule has 1 saturated heterocycles. The second kappa shape index (κ2) is 6.28. The van der Waals surface area contributed by atoms with Crippen molar-refractivity contribution in [2.24, 2.45) is 11.8 Å². The van der Waals surface area contributed by atoms with Gasteiger partial charge in [0.05, 0.1) is 12.6 Å². The van der Waals surface area contributed by atoms with Gasteiger partial charge in [0.1, 0.15) is 6.04 Å². The van der Waals surface area contributed by atoms with Gasteiger partial charge in [0, 0.05) is 23.8 Å². The molecule has 1 aliphatic heterocycles. The molecule has 0 aromatic carbocycles. The van der Waals surface area contributed by atoms with E-state index in [1.54, 1.807) is 23.6 Å². The lowest BCUT2D eigenvalue weighted by Gasteiger charge is -2.61. The molecule has 5 nitrogen and oxygen atoms in total. The Labute approximate surface area is 153 Å². The topological polar surface area (TPSA) is 73.2 Å². The molecule has 1 amide bonds. The van der Waals surface area contributed by atoms with Crippen molar-refractivity contribution in [3.05, 3.63) is 0 Å². The molecule has 1 N–H and O–H groups in total. The van der Waals surface area contributed by atoms with E-state index in [-0.39, 0.29) is 27.4 Å². The Hall–Kier alpha value is -1.06. The van der Waals surface area contributed by atoms with Crippen molar-refractivity contribution in [2.45, 2.75) is 74.6 Å². The lowest BCUT2D eigenvalue weighted by Crippen LogP contribution is -2.64. The van der Waals surface area contributed by atoms with Crippen LogP contribution in [-0.2, 0) is 9.59 Å². The van der Waals surface area contributed by atoms with Gasteiger partial charge in [0.15, 0.2) is 5.12 Å². The van der Waals surface area contributed by atoms with Crippen molar-refractivity contribution in [3.8, 4) is 6.07 Å². The first kappa shape index (κ1) is 17.4. The van der Waals surface area contributed by atoms with Gasteiger partial charge in [0.25, 0.3) is 0 Å². The van der Waals surface area contributed by atoms with Crippen LogP contribution in [0.2, 0.25) is 0 Å². The largest absolute Gasteiger partial charge is 0.326 e. The molecule has 0 aromatic heterocycles. The summed E-state index contributed by atoms with van der Waals surface area (Å²) >= 11 is 1.56. The van der Waals surface area contributed by atoms with Crippen LogP contribution >= 0.6 is 11.8 Å². The van der Waals surface area contributed by atoms with Crippen LogP contribution in [0.25, 0.3) is 0 Å². The van der Waals surface area contributed by atoms with E-state index >= 15 is 0 Å². The van der Waals surface area contributed by atoms with Crippen molar-refractivity contribution in [3.63, 3.8) is 0 Å². The SMILES string of the molecule is CC(=O)SC12CC3CC(CC(NCC(=O)N4CCC[C@H]4C#N)(C3)C1)C2. The Balaban J connectivity index is 1.44. The number of amides is 1. The summed E-state index contributed by atoms with van der Waals surface area (Å²) in [4.78, 5) is 26.2. The zero-order chi connectivity index (χ0) is 17.7. The zero-order valence-electron chi connectivity index (χ0n) is 14.9. The number of nitriles is 1. The fourth-order valence-electron chi connectivity index (χ4n) is 6.37. The van der Waals surface area contributed by atoms with Crippen molar-refractivity contribution >= 4 is 22.8 Å². The molecule has 0 radical (unpaired) electrons. The van der Waals surface area contributed by atoms with Gasteiger partial charge in [-0.2, -0.15) is 5.26 Å². The van der Waals surface area contributed by atoms with Crippen LogP contribution in [0.3, 0.4) is 0 Å². The van der Waals surface area contributed by atoms with Gasteiger partial charge < -0.3 is 10.2 Å². The minimum Gasteiger partial charge on any atom is -0.326 e. The van der Waals surface area contributed by atoms with Crippen LogP contribution in [0.15, 0.2) is 0 Å². The van der Waals surface area contributed by atoms with Crippen molar-refractivity contribution in [2.75, 3.05) is 13.1 Å². The first-order chi connectivity index (χ1) is 11.9. The molecule has 0 aromatic rings. The molecule has 6 heteroatoms. The number of rotatable bonds is 4. The molecule has 4 aliphatic carbocycles. The number of thioether (sulfide) groups is 1. The predicted octanol–water partition coefficient (Wildman–Crippen LogP) is 2.46. The maximum Gasteiger partial charge on any atom is 0.237 e. The molecule has 4 saturated carbocycles. The quantitative estimate of drug-likeness (QED) is 0.833. The summed E-state index contributed by atoms with van der Waals surface area (Å²) in [5.41, 5.74) is 0.0179. The van der Waals surface area contributed by atoms with Gasteiger partial charge >= 0.3 is 0 Å². The molecule has 0 spiro atoms. The maximum atomic E-state index is 12.6. The number of nitrogens with zero attached hydrogens (tertiary/aromatic N) is 2. The average Bonchev–Trinajstić information content (AvgIpc) is 2.98. The van der Waals surface area contributed by atoms with E-state index in [0.717, 1.165) is 44.9 Å². The number of nitrogens with one attached hydrogen (secondary N) is 1. The Morgan fingerprint density at radius 3 is 2.64 bits per heavy atom. The molecule has 5 rings (SSSR count). The van der Waals surface area contributed by atoms with Gasteiger partial charge in [-0.15, -0.1) is 0 Å². The van der Waals surface area contributed by atoms with E-state index in [2.05, 4.69) is 11.4 Å². The van der Waals surface area contributed by atoms with Gasteiger partial charge in [-0.25, -0.2) is 0 Å². The second-order valence-corrected chi connectivity index (χ2v) is 10.4. The summed E-state index contributed by atoms with van der Waals surface area (Å²) in [6.45, 7) is 2.72. The Bertz CT molecular complexity index is 615. The first-order valence-electron chi connectivity index (χ1n) is 9.56. The number of hydrogen-bond acceptors (Lipinski definition) is 5. The van der Waals surface area contributed by atoms with Crippen LogP contribution in [-0.4, -0.2) is 45.3 Å². The predicted molar refractivity (Wildman–Crippen MR) is 96.8 cm³/mol. The summed E-state index contributed by atoms with van der Waals surface area (Å²) < 4.78 is 0.0921. The Morgan fingerprint density at radius 2 is 2.00 bits per heavy atom. The maximum absolute atomic E-state index is 12.6. The van der Waals surface area contributed by atoms with Crippen molar-refractivity contribution in [1.29, 1.82) is 5.26 Å². The number of carbonyl (C=O) groups excluding carboxylic acids is 2.